The third kappa shape index (κ3) is 4.27. The first-order valence-electron chi connectivity index (χ1n) is 9.77. The molecule has 1 aliphatic heterocycles. The van der Waals surface area contributed by atoms with Gasteiger partial charge in [-0.15, -0.1) is 10.2 Å². The lowest BCUT2D eigenvalue weighted by molar-refractivity contribution is -0.127. The maximum absolute atomic E-state index is 13.2. The molecule has 2 heterocycles. The Kier molecular flexibility index (Phi) is 6.20. The van der Waals surface area contributed by atoms with E-state index in [9.17, 15) is 9.59 Å². The summed E-state index contributed by atoms with van der Waals surface area (Å²) in [5, 5.41) is 9.43. The van der Waals surface area contributed by atoms with Crippen molar-refractivity contribution in [2.45, 2.75) is 29.7 Å². The highest BCUT2D eigenvalue weighted by Gasteiger charge is 2.33. The Labute approximate surface area is 184 Å². The van der Waals surface area contributed by atoms with Gasteiger partial charge in [0.1, 0.15) is 0 Å². The number of benzene rings is 2. The van der Waals surface area contributed by atoms with Crippen molar-refractivity contribution < 1.29 is 9.59 Å². The van der Waals surface area contributed by atoms with Crippen LogP contribution in [-0.4, -0.2) is 43.3 Å². The Morgan fingerprint density at radius 2 is 1.80 bits per heavy atom. The predicted octanol–water partition coefficient (Wildman–Crippen LogP) is 4.45. The van der Waals surface area contributed by atoms with Gasteiger partial charge in [0.05, 0.1) is 5.25 Å². The number of thioether (sulfide) groups is 1. The highest BCUT2D eigenvalue weighted by Crippen LogP contribution is 2.31. The zero-order valence-electron chi connectivity index (χ0n) is 16.5. The van der Waals surface area contributed by atoms with Crippen LogP contribution in [0.1, 0.15) is 29.6 Å². The van der Waals surface area contributed by atoms with Crippen molar-refractivity contribution in [3.05, 3.63) is 65.2 Å². The molecule has 1 unspecified atom stereocenters. The highest BCUT2D eigenvalue weighted by molar-refractivity contribution is 8.00. The molecule has 0 N–H and O–H groups in total. The minimum Gasteiger partial charge on any atom is -0.305 e. The summed E-state index contributed by atoms with van der Waals surface area (Å²) in [4.78, 5) is 27.5. The average molecular weight is 441 g/mol. The zero-order chi connectivity index (χ0) is 21.1. The number of hydrogen-bond acceptors (Lipinski definition) is 5. The van der Waals surface area contributed by atoms with Crippen LogP contribution in [0.2, 0.25) is 5.02 Å². The van der Waals surface area contributed by atoms with Gasteiger partial charge in [-0.3, -0.25) is 14.5 Å². The summed E-state index contributed by atoms with van der Waals surface area (Å²) in [6, 6.07) is 16.4. The molecule has 30 heavy (non-hydrogen) atoms. The summed E-state index contributed by atoms with van der Waals surface area (Å²) in [5.74, 6) is 0.280. The number of hydrogen-bond donors (Lipinski definition) is 0. The van der Waals surface area contributed by atoms with Crippen molar-refractivity contribution in [1.29, 1.82) is 0 Å². The molecule has 4 rings (SSSR count). The van der Waals surface area contributed by atoms with Crippen molar-refractivity contribution in [3.8, 4) is 11.4 Å². The fourth-order valence-corrected chi connectivity index (χ4v) is 4.68. The molecule has 2 aromatic carbocycles. The van der Waals surface area contributed by atoms with Crippen molar-refractivity contribution in [3.63, 3.8) is 0 Å². The van der Waals surface area contributed by atoms with E-state index in [1.54, 1.807) is 24.3 Å². The molecule has 0 aliphatic carbocycles. The maximum Gasteiger partial charge on any atom is 0.260 e. The van der Waals surface area contributed by atoms with Crippen LogP contribution >= 0.6 is 23.4 Å². The lowest BCUT2D eigenvalue weighted by Gasteiger charge is -2.22. The smallest absolute Gasteiger partial charge is 0.260 e. The summed E-state index contributed by atoms with van der Waals surface area (Å²) in [5.41, 5.74) is 1.43. The normalized spacial score (nSPS) is 17.1. The Bertz CT molecular complexity index is 1050. The second kappa shape index (κ2) is 9.02. The van der Waals surface area contributed by atoms with Gasteiger partial charge in [-0.05, 0) is 37.1 Å². The van der Waals surface area contributed by atoms with Crippen LogP contribution < -0.4 is 0 Å². The number of likely N-dealkylation sites (tertiary alicyclic amines) is 1. The molecule has 6 nitrogen and oxygen atoms in total. The SMILES string of the molecule is Cn1c(SC2CCCCN(C(=O)c3ccc(Cl)cc3)C2=O)nnc1-c1ccccc1. The van der Waals surface area contributed by atoms with E-state index >= 15 is 0 Å². The average Bonchev–Trinajstić information content (AvgIpc) is 3.02. The van der Waals surface area contributed by atoms with Gasteiger partial charge in [0, 0.05) is 29.7 Å². The first-order valence-corrected chi connectivity index (χ1v) is 11.0. The molecule has 1 fully saturated rings. The minimum absolute atomic E-state index is 0.179. The molecule has 1 atom stereocenters. The fourth-order valence-electron chi connectivity index (χ4n) is 3.45. The quantitative estimate of drug-likeness (QED) is 0.560. The topological polar surface area (TPSA) is 68.1 Å². The van der Waals surface area contributed by atoms with E-state index < -0.39 is 0 Å². The van der Waals surface area contributed by atoms with Crippen LogP contribution in [0, 0.1) is 0 Å². The molecule has 154 valence electrons. The summed E-state index contributed by atoms with van der Waals surface area (Å²) >= 11 is 7.29. The first-order chi connectivity index (χ1) is 14.5. The number of halogens is 1. The van der Waals surface area contributed by atoms with E-state index in [0.29, 0.717) is 28.7 Å². The number of rotatable bonds is 4. The van der Waals surface area contributed by atoms with E-state index in [1.165, 1.54) is 16.7 Å². The molecule has 0 bridgehead atoms. The molecule has 0 saturated carbocycles. The monoisotopic (exact) mass is 440 g/mol. The summed E-state index contributed by atoms with van der Waals surface area (Å²) < 4.78 is 1.89. The van der Waals surface area contributed by atoms with Crippen LogP contribution in [0.5, 0.6) is 0 Å². The standard InChI is InChI=1S/C22H21ClN4O2S/c1-26-19(15-7-3-2-4-8-15)24-25-22(26)30-18-9-5-6-14-27(21(18)29)20(28)16-10-12-17(23)13-11-16/h2-4,7-8,10-13,18H,5-6,9,14H2,1H3. The van der Waals surface area contributed by atoms with E-state index in [-0.39, 0.29) is 17.1 Å². The van der Waals surface area contributed by atoms with Gasteiger partial charge in [-0.25, -0.2) is 0 Å². The highest BCUT2D eigenvalue weighted by atomic mass is 35.5. The molecule has 3 aromatic rings. The van der Waals surface area contributed by atoms with E-state index in [0.717, 1.165) is 24.2 Å². The van der Waals surface area contributed by atoms with Crippen LogP contribution in [0.25, 0.3) is 11.4 Å². The number of amides is 2. The predicted molar refractivity (Wildman–Crippen MR) is 117 cm³/mol. The van der Waals surface area contributed by atoms with Crippen LogP contribution in [-0.2, 0) is 11.8 Å². The maximum atomic E-state index is 13.2. The van der Waals surface area contributed by atoms with Gasteiger partial charge in [0.15, 0.2) is 11.0 Å². The number of nitrogens with zero attached hydrogens (tertiary/aromatic N) is 4. The van der Waals surface area contributed by atoms with Crippen LogP contribution in [0.4, 0.5) is 0 Å². The Morgan fingerprint density at radius 3 is 2.53 bits per heavy atom. The molecule has 0 radical (unpaired) electrons. The van der Waals surface area contributed by atoms with Gasteiger partial charge in [0.2, 0.25) is 5.91 Å². The third-order valence-electron chi connectivity index (χ3n) is 5.09. The van der Waals surface area contributed by atoms with Gasteiger partial charge in [-0.1, -0.05) is 60.1 Å². The summed E-state index contributed by atoms with van der Waals surface area (Å²) in [6.45, 7) is 0.422. The Morgan fingerprint density at radius 1 is 1.07 bits per heavy atom. The van der Waals surface area contributed by atoms with E-state index in [1.807, 2.05) is 41.9 Å². The Hall–Kier alpha value is -2.64. The number of imide groups is 1. The molecule has 8 heteroatoms. The van der Waals surface area contributed by atoms with Gasteiger partial charge in [0.25, 0.3) is 5.91 Å². The minimum atomic E-state index is -0.379. The molecule has 1 aliphatic rings. The van der Waals surface area contributed by atoms with Crippen molar-refractivity contribution in [2.24, 2.45) is 7.05 Å². The summed E-state index contributed by atoms with van der Waals surface area (Å²) in [6.07, 6.45) is 2.36. The van der Waals surface area contributed by atoms with Crippen molar-refractivity contribution in [1.82, 2.24) is 19.7 Å². The van der Waals surface area contributed by atoms with Crippen molar-refractivity contribution >= 4 is 35.2 Å². The van der Waals surface area contributed by atoms with Gasteiger partial charge >= 0.3 is 0 Å². The molecule has 1 saturated heterocycles. The van der Waals surface area contributed by atoms with Crippen LogP contribution in [0.3, 0.4) is 0 Å². The molecule has 1 aromatic heterocycles. The van der Waals surface area contributed by atoms with Gasteiger partial charge < -0.3 is 4.57 Å². The second-order valence-corrected chi connectivity index (χ2v) is 8.74. The lowest BCUT2D eigenvalue weighted by Crippen LogP contribution is -2.41. The number of aromatic nitrogens is 3. The number of carbonyl (C=O) groups excluding carboxylic acids is 2. The molecular formula is C22H21ClN4O2S. The second-order valence-electron chi connectivity index (χ2n) is 7.14. The lowest BCUT2D eigenvalue weighted by atomic mass is 10.2. The van der Waals surface area contributed by atoms with E-state index in [4.69, 9.17) is 11.6 Å². The van der Waals surface area contributed by atoms with Crippen molar-refractivity contribution in [2.75, 3.05) is 6.54 Å². The molecular weight excluding hydrogens is 420 g/mol. The largest absolute Gasteiger partial charge is 0.305 e. The van der Waals surface area contributed by atoms with E-state index in [2.05, 4.69) is 10.2 Å². The zero-order valence-corrected chi connectivity index (χ0v) is 18.1. The van der Waals surface area contributed by atoms with Gasteiger partial charge in [-0.2, -0.15) is 0 Å². The molecule has 2 amide bonds. The first kappa shape index (κ1) is 20.6. The van der Waals surface area contributed by atoms with Crippen LogP contribution in [0.15, 0.2) is 59.8 Å². The summed E-state index contributed by atoms with van der Waals surface area (Å²) in [7, 11) is 1.89. The fraction of sp³-hybridized carbons (Fsp3) is 0.273. The Balaban J connectivity index is 1.54. The third-order valence-corrected chi connectivity index (χ3v) is 6.63. The molecule has 0 spiro atoms. The number of carbonyl (C=O) groups is 2.